The van der Waals surface area contributed by atoms with Gasteiger partial charge in [0.2, 0.25) is 0 Å². The van der Waals surface area contributed by atoms with Crippen LogP contribution in [0.2, 0.25) is 10.0 Å². The molecule has 17 heavy (non-hydrogen) atoms. The third-order valence-electron chi connectivity index (χ3n) is 2.86. The molecular formula is C11H12Cl2N2O2. The van der Waals surface area contributed by atoms with Crippen molar-refractivity contribution in [2.24, 2.45) is 5.92 Å². The lowest BCUT2D eigenvalue weighted by atomic mass is 9.98. The number of piperidine rings is 1. The lowest BCUT2D eigenvalue weighted by Crippen LogP contribution is -2.39. The summed E-state index contributed by atoms with van der Waals surface area (Å²) in [7, 11) is 0. The molecule has 0 spiro atoms. The number of nitrogens with zero attached hydrogens (tertiary/aromatic N) is 2. The van der Waals surface area contributed by atoms with Crippen molar-refractivity contribution in [1.29, 1.82) is 0 Å². The highest BCUT2D eigenvalue weighted by atomic mass is 35.5. The van der Waals surface area contributed by atoms with E-state index in [1.807, 2.05) is 4.90 Å². The first-order valence-corrected chi connectivity index (χ1v) is 6.12. The molecule has 1 saturated heterocycles. The van der Waals surface area contributed by atoms with Crippen molar-refractivity contribution in [2.75, 3.05) is 18.0 Å². The Morgan fingerprint density at radius 2 is 2.29 bits per heavy atom. The molecule has 0 saturated carbocycles. The number of halogens is 2. The summed E-state index contributed by atoms with van der Waals surface area (Å²) in [6, 6.07) is 1.62. The summed E-state index contributed by atoms with van der Waals surface area (Å²) in [5.74, 6) is -0.501. The molecule has 92 valence electrons. The van der Waals surface area contributed by atoms with Crippen LogP contribution in [0.4, 0.5) is 5.82 Å². The largest absolute Gasteiger partial charge is 0.481 e. The molecule has 1 aromatic rings. The Hall–Kier alpha value is -1.000. The molecule has 0 radical (unpaired) electrons. The van der Waals surface area contributed by atoms with Crippen LogP contribution < -0.4 is 4.90 Å². The maximum Gasteiger partial charge on any atom is 0.308 e. The van der Waals surface area contributed by atoms with Gasteiger partial charge in [0.05, 0.1) is 16.0 Å². The van der Waals surface area contributed by atoms with Gasteiger partial charge in [-0.3, -0.25) is 4.79 Å². The number of anilines is 1. The van der Waals surface area contributed by atoms with Crippen LogP contribution in [0.15, 0.2) is 12.3 Å². The number of pyridine rings is 1. The van der Waals surface area contributed by atoms with Crippen LogP contribution in [0.1, 0.15) is 12.8 Å². The van der Waals surface area contributed by atoms with Crippen LogP contribution >= 0.6 is 23.2 Å². The summed E-state index contributed by atoms with van der Waals surface area (Å²) in [6.45, 7) is 1.22. The predicted octanol–water partition coefficient (Wildman–Crippen LogP) is 2.69. The molecule has 1 atom stereocenters. The van der Waals surface area contributed by atoms with Crippen molar-refractivity contribution in [3.63, 3.8) is 0 Å². The van der Waals surface area contributed by atoms with Gasteiger partial charge in [0.1, 0.15) is 5.82 Å². The van der Waals surface area contributed by atoms with Gasteiger partial charge < -0.3 is 10.0 Å². The van der Waals surface area contributed by atoms with Crippen molar-refractivity contribution in [3.05, 3.63) is 22.3 Å². The molecule has 0 bridgehead atoms. The summed E-state index contributed by atoms with van der Waals surface area (Å²) in [4.78, 5) is 17.0. The van der Waals surface area contributed by atoms with Crippen LogP contribution in [0.25, 0.3) is 0 Å². The quantitative estimate of drug-likeness (QED) is 0.901. The van der Waals surface area contributed by atoms with E-state index in [1.165, 1.54) is 6.20 Å². The SMILES string of the molecule is O=C(O)C1CCCN(c2ncc(Cl)cc2Cl)C1. The van der Waals surface area contributed by atoms with Crippen molar-refractivity contribution >= 4 is 35.0 Å². The second-order valence-electron chi connectivity index (χ2n) is 4.08. The first-order valence-electron chi connectivity index (χ1n) is 5.36. The van der Waals surface area contributed by atoms with Gasteiger partial charge in [-0.05, 0) is 18.9 Å². The molecule has 1 aliphatic rings. The Balaban J connectivity index is 2.19. The third-order valence-corrected chi connectivity index (χ3v) is 3.34. The lowest BCUT2D eigenvalue weighted by molar-refractivity contribution is -0.141. The van der Waals surface area contributed by atoms with Crippen LogP contribution in [-0.4, -0.2) is 29.1 Å². The summed E-state index contributed by atoms with van der Waals surface area (Å²) < 4.78 is 0. The Morgan fingerprint density at radius 1 is 1.53 bits per heavy atom. The van der Waals surface area contributed by atoms with E-state index < -0.39 is 5.97 Å². The number of aromatic nitrogens is 1. The molecule has 1 fully saturated rings. The van der Waals surface area contributed by atoms with Crippen LogP contribution in [0.5, 0.6) is 0 Å². The van der Waals surface area contributed by atoms with Gasteiger partial charge in [-0.2, -0.15) is 0 Å². The van der Waals surface area contributed by atoms with E-state index in [0.717, 1.165) is 13.0 Å². The lowest BCUT2D eigenvalue weighted by Gasteiger charge is -2.32. The van der Waals surface area contributed by atoms with Crippen molar-refractivity contribution in [3.8, 4) is 0 Å². The van der Waals surface area contributed by atoms with Gasteiger partial charge in [-0.1, -0.05) is 23.2 Å². The second-order valence-corrected chi connectivity index (χ2v) is 4.93. The maximum atomic E-state index is 11.0. The molecule has 6 heteroatoms. The zero-order valence-corrected chi connectivity index (χ0v) is 10.6. The summed E-state index contributed by atoms with van der Waals surface area (Å²) in [6.07, 6.45) is 3.06. The third kappa shape index (κ3) is 2.82. The first-order chi connectivity index (χ1) is 8.08. The zero-order chi connectivity index (χ0) is 12.4. The number of carbonyl (C=O) groups is 1. The van der Waals surface area contributed by atoms with Gasteiger partial charge in [-0.15, -0.1) is 0 Å². The summed E-state index contributed by atoms with van der Waals surface area (Å²) in [5.41, 5.74) is 0. The second kappa shape index (κ2) is 5.10. The van der Waals surface area contributed by atoms with E-state index in [2.05, 4.69) is 4.98 Å². The zero-order valence-electron chi connectivity index (χ0n) is 9.07. The Labute approximate surface area is 109 Å². The van der Waals surface area contributed by atoms with E-state index in [1.54, 1.807) is 6.07 Å². The maximum absolute atomic E-state index is 11.0. The van der Waals surface area contributed by atoms with Crippen molar-refractivity contribution < 1.29 is 9.90 Å². The highest BCUT2D eigenvalue weighted by molar-refractivity contribution is 6.36. The number of hydrogen-bond acceptors (Lipinski definition) is 3. The monoisotopic (exact) mass is 274 g/mol. The van der Waals surface area contributed by atoms with Gasteiger partial charge in [-0.25, -0.2) is 4.98 Å². The van der Waals surface area contributed by atoms with Crippen LogP contribution in [0, 0.1) is 5.92 Å². The van der Waals surface area contributed by atoms with Gasteiger partial charge in [0.25, 0.3) is 0 Å². The predicted molar refractivity (Wildman–Crippen MR) is 66.8 cm³/mol. The van der Waals surface area contributed by atoms with E-state index in [4.69, 9.17) is 28.3 Å². The molecule has 1 aromatic heterocycles. The smallest absolute Gasteiger partial charge is 0.308 e. The molecule has 1 N–H and O–H groups in total. The minimum absolute atomic E-state index is 0.350. The highest BCUT2D eigenvalue weighted by Crippen LogP contribution is 2.29. The highest BCUT2D eigenvalue weighted by Gasteiger charge is 2.27. The summed E-state index contributed by atoms with van der Waals surface area (Å²) in [5, 5.41) is 9.95. The number of rotatable bonds is 2. The minimum atomic E-state index is -0.764. The summed E-state index contributed by atoms with van der Waals surface area (Å²) >= 11 is 11.8. The molecule has 0 amide bonds. The average Bonchev–Trinajstić information content (AvgIpc) is 2.29. The number of hydrogen-bond donors (Lipinski definition) is 1. The molecule has 1 unspecified atom stereocenters. The molecule has 0 aromatic carbocycles. The van der Waals surface area contributed by atoms with Crippen LogP contribution in [0.3, 0.4) is 0 Å². The van der Waals surface area contributed by atoms with Crippen LogP contribution in [-0.2, 0) is 4.79 Å². The molecule has 2 rings (SSSR count). The van der Waals surface area contributed by atoms with E-state index in [0.29, 0.717) is 28.8 Å². The first kappa shape index (κ1) is 12.5. The minimum Gasteiger partial charge on any atom is -0.481 e. The molecule has 2 heterocycles. The number of carboxylic acids is 1. The number of aliphatic carboxylic acids is 1. The van der Waals surface area contributed by atoms with E-state index >= 15 is 0 Å². The molecule has 1 aliphatic heterocycles. The Bertz CT molecular complexity index is 439. The fraction of sp³-hybridized carbons (Fsp3) is 0.455. The fourth-order valence-electron chi connectivity index (χ4n) is 2.01. The van der Waals surface area contributed by atoms with Gasteiger partial charge >= 0.3 is 5.97 Å². The van der Waals surface area contributed by atoms with Gasteiger partial charge in [0.15, 0.2) is 0 Å². The van der Waals surface area contributed by atoms with Gasteiger partial charge in [0, 0.05) is 19.3 Å². The normalized spacial score (nSPS) is 20.4. The standard InChI is InChI=1S/C11H12Cl2N2O2/c12-8-4-9(13)10(14-5-8)15-3-1-2-7(6-15)11(16)17/h4-5,7H,1-3,6H2,(H,16,17). The molecule has 0 aliphatic carbocycles. The number of carboxylic acid groups (broad SMARTS) is 1. The average molecular weight is 275 g/mol. The van der Waals surface area contributed by atoms with Crippen molar-refractivity contribution in [1.82, 2.24) is 4.98 Å². The van der Waals surface area contributed by atoms with E-state index in [-0.39, 0.29) is 5.92 Å². The molecule has 4 nitrogen and oxygen atoms in total. The fourth-order valence-corrected chi connectivity index (χ4v) is 2.51. The Kier molecular flexibility index (Phi) is 3.74. The molecular weight excluding hydrogens is 263 g/mol. The van der Waals surface area contributed by atoms with Crippen molar-refractivity contribution in [2.45, 2.75) is 12.8 Å². The Morgan fingerprint density at radius 3 is 2.94 bits per heavy atom. The van der Waals surface area contributed by atoms with E-state index in [9.17, 15) is 4.79 Å². The topological polar surface area (TPSA) is 53.4 Å².